The van der Waals surface area contributed by atoms with E-state index in [-0.39, 0.29) is 11.3 Å². The third kappa shape index (κ3) is 4.10. The molecule has 2 N–H and O–H groups in total. The van der Waals surface area contributed by atoms with Crippen molar-refractivity contribution in [2.24, 2.45) is 0 Å². The topological polar surface area (TPSA) is 73.1 Å². The van der Waals surface area contributed by atoms with Crippen LogP contribution in [0.25, 0.3) is 6.08 Å². The largest absolute Gasteiger partial charge is 0.508 e. The Morgan fingerprint density at radius 2 is 1.95 bits per heavy atom. The van der Waals surface area contributed by atoms with E-state index in [0.29, 0.717) is 16.3 Å². The van der Waals surface area contributed by atoms with Gasteiger partial charge in [0.15, 0.2) is 0 Å². The molecular formula is C16H11ClN2O2. The summed E-state index contributed by atoms with van der Waals surface area (Å²) in [4.78, 5) is 12.0. The number of anilines is 1. The molecule has 0 aliphatic heterocycles. The highest BCUT2D eigenvalue weighted by Gasteiger charge is 2.09. The monoisotopic (exact) mass is 298 g/mol. The average molecular weight is 299 g/mol. The maximum absolute atomic E-state index is 12.0. The summed E-state index contributed by atoms with van der Waals surface area (Å²) in [5.41, 5.74) is 1.12. The molecule has 0 radical (unpaired) electrons. The van der Waals surface area contributed by atoms with Crippen molar-refractivity contribution in [3.05, 3.63) is 64.7 Å². The molecular weight excluding hydrogens is 288 g/mol. The first-order valence-electron chi connectivity index (χ1n) is 6.06. The predicted molar refractivity (Wildman–Crippen MR) is 81.8 cm³/mol. The quantitative estimate of drug-likeness (QED) is 0.672. The fraction of sp³-hybridized carbons (Fsp3) is 0. The SMILES string of the molecule is N#C/C(=C\c1ccc(O)cc1)C(=O)Nc1cccc(Cl)c1. The molecule has 0 saturated carbocycles. The number of benzene rings is 2. The van der Waals surface area contributed by atoms with Crippen LogP contribution in [0.4, 0.5) is 5.69 Å². The Morgan fingerprint density at radius 3 is 2.57 bits per heavy atom. The number of phenolic OH excluding ortho intramolecular Hbond substituents is 1. The van der Waals surface area contributed by atoms with E-state index in [1.54, 1.807) is 36.4 Å². The van der Waals surface area contributed by atoms with Crippen LogP contribution in [0.3, 0.4) is 0 Å². The minimum atomic E-state index is -0.521. The van der Waals surface area contributed by atoms with Gasteiger partial charge in [-0.15, -0.1) is 0 Å². The number of carbonyl (C=O) groups is 1. The van der Waals surface area contributed by atoms with Crippen molar-refractivity contribution >= 4 is 29.3 Å². The molecule has 0 unspecified atom stereocenters. The van der Waals surface area contributed by atoms with E-state index in [0.717, 1.165) is 0 Å². The molecule has 0 saturated heterocycles. The third-order valence-electron chi connectivity index (χ3n) is 2.65. The second-order valence-corrected chi connectivity index (χ2v) is 4.66. The third-order valence-corrected chi connectivity index (χ3v) is 2.89. The number of carbonyl (C=O) groups excluding carboxylic acids is 1. The van der Waals surface area contributed by atoms with Crippen molar-refractivity contribution in [3.63, 3.8) is 0 Å². The molecule has 21 heavy (non-hydrogen) atoms. The average Bonchev–Trinajstić information content (AvgIpc) is 2.46. The standard InChI is InChI=1S/C16H11ClN2O2/c17-13-2-1-3-14(9-13)19-16(21)12(10-18)8-11-4-6-15(20)7-5-11/h1-9,20H,(H,19,21)/b12-8+. The van der Waals surface area contributed by atoms with Crippen LogP contribution in [0.2, 0.25) is 5.02 Å². The number of nitrogens with one attached hydrogen (secondary N) is 1. The Hall–Kier alpha value is -2.77. The summed E-state index contributed by atoms with van der Waals surface area (Å²) in [5, 5.41) is 21.4. The van der Waals surface area contributed by atoms with E-state index in [1.807, 2.05) is 6.07 Å². The van der Waals surface area contributed by atoms with Gasteiger partial charge in [0.2, 0.25) is 0 Å². The van der Waals surface area contributed by atoms with Crippen LogP contribution in [0.1, 0.15) is 5.56 Å². The molecule has 2 aromatic carbocycles. The van der Waals surface area contributed by atoms with E-state index < -0.39 is 5.91 Å². The second-order valence-electron chi connectivity index (χ2n) is 4.23. The number of phenols is 1. The van der Waals surface area contributed by atoms with Gasteiger partial charge in [0.1, 0.15) is 17.4 Å². The van der Waals surface area contributed by atoms with Crippen LogP contribution in [0.5, 0.6) is 5.75 Å². The Labute approximate surface area is 126 Å². The predicted octanol–water partition coefficient (Wildman–Crippen LogP) is 3.59. The van der Waals surface area contributed by atoms with Gasteiger partial charge in [-0.25, -0.2) is 0 Å². The maximum Gasteiger partial charge on any atom is 0.266 e. The molecule has 0 bridgehead atoms. The van der Waals surface area contributed by atoms with Gasteiger partial charge in [-0.3, -0.25) is 4.79 Å². The molecule has 0 heterocycles. The molecule has 0 atom stereocenters. The minimum absolute atomic E-state index is 0.0411. The summed E-state index contributed by atoms with van der Waals surface area (Å²) in [5.74, 6) is -0.401. The molecule has 5 heteroatoms. The van der Waals surface area contributed by atoms with Gasteiger partial charge in [0, 0.05) is 10.7 Å². The van der Waals surface area contributed by atoms with E-state index in [4.69, 9.17) is 16.9 Å². The number of hydrogen-bond donors (Lipinski definition) is 2. The van der Waals surface area contributed by atoms with Gasteiger partial charge in [-0.05, 0) is 42.0 Å². The van der Waals surface area contributed by atoms with Crippen LogP contribution in [-0.2, 0) is 4.79 Å². The van der Waals surface area contributed by atoms with Crippen molar-refractivity contribution in [1.82, 2.24) is 0 Å². The van der Waals surface area contributed by atoms with Gasteiger partial charge >= 0.3 is 0 Å². The van der Waals surface area contributed by atoms with E-state index in [9.17, 15) is 9.90 Å². The molecule has 0 aromatic heterocycles. The summed E-state index contributed by atoms with van der Waals surface area (Å²) in [6, 6.07) is 14.7. The molecule has 0 aliphatic carbocycles. The fourth-order valence-electron chi connectivity index (χ4n) is 1.65. The number of nitrogens with zero attached hydrogens (tertiary/aromatic N) is 1. The zero-order valence-electron chi connectivity index (χ0n) is 10.9. The van der Waals surface area contributed by atoms with E-state index in [1.165, 1.54) is 18.2 Å². The smallest absolute Gasteiger partial charge is 0.266 e. The lowest BCUT2D eigenvalue weighted by molar-refractivity contribution is -0.112. The van der Waals surface area contributed by atoms with Crippen LogP contribution < -0.4 is 5.32 Å². The molecule has 0 spiro atoms. The summed E-state index contributed by atoms with van der Waals surface area (Å²) < 4.78 is 0. The lowest BCUT2D eigenvalue weighted by Crippen LogP contribution is -2.13. The molecule has 4 nitrogen and oxygen atoms in total. The summed E-state index contributed by atoms with van der Waals surface area (Å²) >= 11 is 5.83. The van der Waals surface area contributed by atoms with Crippen LogP contribution in [0, 0.1) is 11.3 Å². The first-order chi connectivity index (χ1) is 10.1. The van der Waals surface area contributed by atoms with Gasteiger partial charge in [-0.1, -0.05) is 29.8 Å². The first-order valence-corrected chi connectivity index (χ1v) is 6.44. The lowest BCUT2D eigenvalue weighted by atomic mass is 10.1. The number of aromatic hydroxyl groups is 1. The van der Waals surface area contributed by atoms with Gasteiger partial charge < -0.3 is 10.4 Å². The van der Waals surface area contributed by atoms with Gasteiger partial charge in [0.25, 0.3) is 5.91 Å². The zero-order valence-corrected chi connectivity index (χ0v) is 11.6. The Bertz CT molecular complexity index is 731. The second kappa shape index (κ2) is 6.60. The highest BCUT2D eigenvalue weighted by atomic mass is 35.5. The van der Waals surface area contributed by atoms with Crippen LogP contribution in [-0.4, -0.2) is 11.0 Å². The number of rotatable bonds is 3. The van der Waals surface area contributed by atoms with E-state index >= 15 is 0 Å². The summed E-state index contributed by atoms with van der Waals surface area (Å²) in [6.07, 6.45) is 1.44. The highest BCUT2D eigenvalue weighted by Crippen LogP contribution is 2.17. The number of nitriles is 1. The Balaban J connectivity index is 2.19. The number of amides is 1. The molecule has 2 rings (SSSR count). The summed E-state index contributed by atoms with van der Waals surface area (Å²) in [6.45, 7) is 0. The normalized spacial score (nSPS) is 10.8. The van der Waals surface area contributed by atoms with Crippen molar-refractivity contribution in [2.75, 3.05) is 5.32 Å². The van der Waals surface area contributed by atoms with Crippen LogP contribution in [0.15, 0.2) is 54.1 Å². The fourth-order valence-corrected chi connectivity index (χ4v) is 1.84. The van der Waals surface area contributed by atoms with Crippen LogP contribution >= 0.6 is 11.6 Å². The first kappa shape index (κ1) is 14.6. The van der Waals surface area contributed by atoms with Gasteiger partial charge in [-0.2, -0.15) is 5.26 Å². The summed E-state index contributed by atoms with van der Waals surface area (Å²) in [7, 11) is 0. The Morgan fingerprint density at radius 1 is 1.24 bits per heavy atom. The van der Waals surface area contributed by atoms with Crippen molar-refractivity contribution in [2.45, 2.75) is 0 Å². The minimum Gasteiger partial charge on any atom is -0.508 e. The van der Waals surface area contributed by atoms with Crippen molar-refractivity contribution in [1.29, 1.82) is 5.26 Å². The molecule has 0 fully saturated rings. The number of hydrogen-bond acceptors (Lipinski definition) is 3. The molecule has 104 valence electrons. The molecule has 0 aliphatic rings. The zero-order chi connectivity index (χ0) is 15.2. The van der Waals surface area contributed by atoms with Gasteiger partial charge in [0.05, 0.1) is 0 Å². The lowest BCUT2D eigenvalue weighted by Gasteiger charge is -2.04. The number of halogens is 1. The maximum atomic E-state index is 12.0. The molecule has 1 amide bonds. The van der Waals surface area contributed by atoms with Crippen molar-refractivity contribution in [3.8, 4) is 11.8 Å². The van der Waals surface area contributed by atoms with E-state index in [2.05, 4.69) is 5.32 Å². The molecule has 2 aromatic rings. The highest BCUT2D eigenvalue weighted by molar-refractivity contribution is 6.31. The van der Waals surface area contributed by atoms with Crippen molar-refractivity contribution < 1.29 is 9.90 Å². The Kier molecular flexibility index (Phi) is 4.60.